The van der Waals surface area contributed by atoms with Crippen LogP contribution in [-0.4, -0.2) is 125 Å². The van der Waals surface area contributed by atoms with Gasteiger partial charge >= 0.3 is 0 Å². The van der Waals surface area contributed by atoms with Crippen LogP contribution in [0.1, 0.15) is 35.3 Å². The molecule has 398 valence electrons. The normalized spacial score (nSPS) is 11.9. The van der Waals surface area contributed by atoms with E-state index in [0.29, 0.717) is 59.3 Å². The highest BCUT2D eigenvalue weighted by atomic mass is 32.1. The predicted molar refractivity (Wildman–Crippen MR) is 298 cm³/mol. The van der Waals surface area contributed by atoms with Crippen molar-refractivity contribution in [3.8, 4) is 39.8 Å². The highest BCUT2D eigenvalue weighted by Crippen LogP contribution is 2.28. The molecule has 14 aromatic heterocycles. The lowest BCUT2D eigenvalue weighted by molar-refractivity contribution is 0.181. The Morgan fingerprint density at radius 1 is 0.617 bits per heavy atom. The van der Waals surface area contributed by atoms with Crippen molar-refractivity contribution in [1.82, 2.24) is 118 Å². The molecular weight excluding hydrogens is 1050 g/mol. The van der Waals surface area contributed by atoms with Crippen LogP contribution >= 0.6 is 11.3 Å². The number of benzene rings is 1. The standard InChI is InChI=1S/C19H18N8O.C18H13N9.C17H14N8S/c1-25-11-14(7-21-25)17-8-20-18-19(22-17)27(24-23-18)10-13-3-4-15-5-6-16(12-28-2)26(15)9-13;19-4-7-26-12-14(9-21-26)16-10-20-17-18(22-16)27(24-23-17)11-13-3-6-25-5-1-2-15(25)8-13;1-10(11-3-4-13-15(5-11)26-9-19-13)25-17-16(22-23-25)18-7-14(21-17)12-6-20-24(2)8-12/h3-9,11H,10,12H2,1-2H3;1-3,5-6,8-10,12H,7,11H2;3-10H,1-2H3. The molecule has 0 aliphatic carbocycles. The van der Waals surface area contributed by atoms with Gasteiger partial charge in [0.1, 0.15) is 6.54 Å². The molecule has 0 aliphatic rings. The average molecular weight is 1090 g/mol. The number of fused-ring (bicyclic) bond motifs is 6. The Morgan fingerprint density at radius 3 is 1.94 bits per heavy atom. The van der Waals surface area contributed by atoms with Gasteiger partial charge in [-0.3, -0.25) is 14.0 Å². The Hall–Kier alpha value is -10.9. The average Bonchev–Trinajstić information content (AvgIpc) is 4.45. The molecule has 15 aromatic rings. The predicted octanol–water partition coefficient (Wildman–Crippen LogP) is 6.82. The molecule has 0 amide bonds. The number of methoxy groups -OCH3 is 1. The Kier molecular flexibility index (Phi) is 13.0. The van der Waals surface area contributed by atoms with Gasteiger partial charge in [0.15, 0.2) is 16.9 Å². The zero-order valence-corrected chi connectivity index (χ0v) is 44.6. The maximum Gasteiger partial charge on any atom is 0.221 e. The SMILES string of the molecule is CC(c1ccc2ncsc2c1)n1nnc2ncc(-c3cnn(C)c3)nc21.COCc1ccc2ccc(Cn3nnc4ncc(-c5cnn(C)c5)nc43)cn12.N#CCn1cc(-c2cnc3nnn(Cc4ccn5cccc5c4)c3n2)cn1. The van der Waals surface area contributed by atoms with E-state index in [1.807, 2.05) is 67.3 Å². The van der Waals surface area contributed by atoms with E-state index >= 15 is 0 Å². The maximum absolute atomic E-state index is 8.78. The summed E-state index contributed by atoms with van der Waals surface area (Å²) in [6.45, 7) is 3.92. The van der Waals surface area contributed by atoms with Crippen molar-refractivity contribution < 1.29 is 4.74 Å². The quantitative estimate of drug-likeness (QED) is 0.121. The summed E-state index contributed by atoms with van der Waals surface area (Å²) in [6.07, 6.45) is 21.9. The molecule has 1 unspecified atom stereocenters. The van der Waals surface area contributed by atoms with Gasteiger partial charge in [0.25, 0.3) is 0 Å². The van der Waals surface area contributed by atoms with Gasteiger partial charge in [0, 0.05) is 91.8 Å². The number of ether oxygens (including phenoxy) is 1. The molecule has 0 saturated carbocycles. The molecule has 27 heteroatoms. The first-order valence-electron chi connectivity index (χ1n) is 25.2. The van der Waals surface area contributed by atoms with Gasteiger partial charge in [-0.2, -0.15) is 20.6 Å². The molecule has 1 aromatic carbocycles. The number of nitrogens with zero attached hydrogens (tertiary/aromatic N) is 25. The van der Waals surface area contributed by atoms with Crippen LogP contribution in [0.4, 0.5) is 0 Å². The van der Waals surface area contributed by atoms with Crippen molar-refractivity contribution in [3.63, 3.8) is 0 Å². The monoisotopic (exact) mass is 1090 g/mol. The van der Waals surface area contributed by atoms with E-state index in [1.54, 1.807) is 85.2 Å². The minimum atomic E-state index is -0.0232. The van der Waals surface area contributed by atoms with Crippen LogP contribution in [0, 0.1) is 11.3 Å². The second-order valence-corrected chi connectivity index (χ2v) is 19.7. The minimum Gasteiger partial charge on any atom is -0.378 e. The zero-order valence-electron chi connectivity index (χ0n) is 43.8. The molecule has 0 saturated heterocycles. The number of aromatic nitrogens is 24. The largest absolute Gasteiger partial charge is 0.378 e. The molecule has 0 N–H and O–H groups in total. The van der Waals surface area contributed by atoms with Gasteiger partial charge in [-0.05, 0) is 78.2 Å². The van der Waals surface area contributed by atoms with Crippen molar-refractivity contribution >= 4 is 66.5 Å². The summed E-state index contributed by atoms with van der Waals surface area (Å²) < 4.78 is 21.0. The Bertz CT molecular complexity index is 4770. The Labute approximate surface area is 461 Å². The highest BCUT2D eigenvalue weighted by Gasteiger charge is 2.19. The summed E-state index contributed by atoms with van der Waals surface area (Å²) in [5.41, 5.74) is 17.7. The Morgan fingerprint density at radius 2 is 1.26 bits per heavy atom. The lowest BCUT2D eigenvalue weighted by Crippen LogP contribution is -2.09. The van der Waals surface area contributed by atoms with E-state index < -0.39 is 0 Å². The van der Waals surface area contributed by atoms with Crippen molar-refractivity contribution in [1.29, 1.82) is 5.26 Å². The third-order valence-electron chi connectivity index (χ3n) is 13.4. The van der Waals surface area contributed by atoms with Crippen LogP contribution in [0.3, 0.4) is 0 Å². The number of nitriles is 1. The fourth-order valence-corrected chi connectivity index (χ4v) is 9.98. The smallest absolute Gasteiger partial charge is 0.221 e. The van der Waals surface area contributed by atoms with E-state index in [1.165, 1.54) is 0 Å². The second kappa shape index (κ2) is 21.2. The maximum atomic E-state index is 8.78. The van der Waals surface area contributed by atoms with E-state index in [2.05, 4.69) is 148 Å². The van der Waals surface area contributed by atoms with Crippen molar-refractivity contribution in [2.24, 2.45) is 14.1 Å². The number of hydrogen-bond donors (Lipinski definition) is 0. The number of thiazole rings is 1. The fourth-order valence-electron chi connectivity index (χ4n) is 9.25. The summed E-state index contributed by atoms with van der Waals surface area (Å²) in [7, 11) is 5.44. The van der Waals surface area contributed by atoms with Crippen LogP contribution in [0.2, 0.25) is 0 Å². The number of aryl methyl sites for hydroxylation is 2. The molecule has 1 atom stereocenters. The van der Waals surface area contributed by atoms with Crippen LogP contribution in [-0.2, 0) is 45.1 Å². The molecule has 0 bridgehead atoms. The molecule has 0 fully saturated rings. The van der Waals surface area contributed by atoms with Crippen LogP contribution in [0.15, 0.2) is 147 Å². The van der Waals surface area contributed by atoms with Crippen LogP contribution in [0.25, 0.3) is 88.9 Å². The van der Waals surface area contributed by atoms with E-state index in [0.717, 1.165) is 71.7 Å². The summed E-state index contributed by atoms with van der Waals surface area (Å²) >= 11 is 1.63. The van der Waals surface area contributed by atoms with Crippen LogP contribution < -0.4 is 0 Å². The van der Waals surface area contributed by atoms with Crippen molar-refractivity contribution in [2.45, 2.75) is 39.2 Å². The second-order valence-electron chi connectivity index (χ2n) is 18.8. The lowest BCUT2D eigenvalue weighted by Gasteiger charge is -2.12. The van der Waals surface area contributed by atoms with Gasteiger partial charge in [0.2, 0.25) is 16.9 Å². The molecule has 15 rings (SSSR count). The number of rotatable bonds is 12. The topological polar surface area (TPSA) is 278 Å². The fraction of sp³-hybridized carbons (Fsp3) is 0.167. The molecule has 14 heterocycles. The Balaban J connectivity index is 0.000000114. The molecular formula is C54H45N25OS. The first-order chi connectivity index (χ1) is 39.7. The molecule has 81 heavy (non-hydrogen) atoms. The van der Waals surface area contributed by atoms with Crippen molar-refractivity contribution in [2.75, 3.05) is 7.11 Å². The highest BCUT2D eigenvalue weighted by molar-refractivity contribution is 7.16. The first kappa shape index (κ1) is 49.7. The first-order valence-corrected chi connectivity index (χ1v) is 26.1. The summed E-state index contributed by atoms with van der Waals surface area (Å²) in [5.74, 6) is 0. The van der Waals surface area contributed by atoms with E-state index in [9.17, 15) is 0 Å². The van der Waals surface area contributed by atoms with Crippen LogP contribution in [0.5, 0.6) is 0 Å². The minimum absolute atomic E-state index is 0.0232. The summed E-state index contributed by atoms with van der Waals surface area (Å²) in [6, 6.07) is 24.8. The molecule has 26 nitrogen and oxygen atoms in total. The van der Waals surface area contributed by atoms with Gasteiger partial charge < -0.3 is 13.5 Å². The van der Waals surface area contributed by atoms with Gasteiger partial charge in [-0.15, -0.1) is 26.6 Å². The van der Waals surface area contributed by atoms with E-state index in [-0.39, 0.29) is 12.6 Å². The van der Waals surface area contributed by atoms with Gasteiger partial charge in [0.05, 0.1) is 102 Å². The lowest BCUT2D eigenvalue weighted by atomic mass is 10.1. The summed E-state index contributed by atoms with van der Waals surface area (Å²) in [5, 5.41) is 46.5. The zero-order chi connectivity index (χ0) is 55.0. The number of pyridine rings is 2. The third kappa shape index (κ3) is 10.0. The third-order valence-corrected chi connectivity index (χ3v) is 14.2. The molecule has 0 spiro atoms. The number of hydrogen-bond acceptors (Lipinski definition) is 19. The van der Waals surface area contributed by atoms with Gasteiger partial charge in [-0.1, -0.05) is 27.8 Å². The summed E-state index contributed by atoms with van der Waals surface area (Å²) in [4.78, 5) is 31.6. The molecule has 0 radical (unpaired) electrons. The molecule has 0 aliphatic heterocycles. The van der Waals surface area contributed by atoms with E-state index in [4.69, 9.17) is 20.0 Å². The van der Waals surface area contributed by atoms with Gasteiger partial charge in [-0.25, -0.2) is 48.9 Å². The van der Waals surface area contributed by atoms with Crippen molar-refractivity contribution in [3.05, 3.63) is 169 Å².